The van der Waals surface area contributed by atoms with Gasteiger partial charge >= 0.3 is 11.8 Å². The first-order valence-corrected chi connectivity index (χ1v) is 9.42. The average Bonchev–Trinajstić information content (AvgIpc) is 2.61. The second kappa shape index (κ2) is 7.94. The monoisotopic (exact) mass is 369 g/mol. The lowest BCUT2D eigenvalue weighted by molar-refractivity contribution is -0.139. The normalized spacial score (nSPS) is 18.6. The van der Waals surface area contributed by atoms with Gasteiger partial charge in [0.1, 0.15) is 6.23 Å². The number of likely N-dealkylation sites (N-methyl/N-ethyl adjacent to an activating group) is 1. The maximum atomic E-state index is 13.1. The maximum absolute atomic E-state index is 13.1. The number of hydrogen-bond donors (Lipinski definition) is 2. The smallest absolute Gasteiger partial charge is 0.309 e. The molecule has 1 fully saturated rings. The van der Waals surface area contributed by atoms with Crippen LogP contribution in [0, 0.1) is 13.8 Å². The quantitative estimate of drug-likeness (QED) is 0.722. The van der Waals surface area contributed by atoms with Crippen molar-refractivity contribution in [1.82, 2.24) is 14.9 Å². The van der Waals surface area contributed by atoms with Gasteiger partial charge in [-0.2, -0.15) is 4.31 Å². The Balaban J connectivity index is 2.23. The number of sulfonamides is 1. The lowest BCUT2D eigenvalue weighted by atomic mass is 10.2. The van der Waals surface area contributed by atoms with Crippen LogP contribution in [0.25, 0.3) is 0 Å². The Bertz CT molecular complexity index is 763. The van der Waals surface area contributed by atoms with Crippen molar-refractivity contribution >= 4 is 21.8 Å². The lowest BCUT2D eigenvalue weighted by Gasteiger charge is -2.34. The van der Waals surface area contributed by atoms with Gasteiger partial charge in [0.2, 0.25) is 10.0 Å². The highest BCUT2D eigenvalue weighted by Crippen LogP contribution is 2.25. The van der Waals surface area contributed by atoms with E-state index in [0.29, 0.717) is 18.6 Å². The number of hydrogen-bond acceptors (Lipinski definition) is 5. The van der Waals surface area contributed by atoms with Crippen LogP contribution >= 0.6 is 0 Å². The standard InChI is InChI=1S/C16H23N3O5S/c1-11-5-6-12(2)13(9-11)25(22,23)19-7-4-8-24-14(19)10-18-16(21)15(20)17-3/h5-6,9,14H,4,7-8,10H2,1-3H3,(H,17,20)(H,18,21)/t14-/m1/s1. The zero-order valence-corrected chi connectivity index (χ0v) is 15.4. The maximum Gasteiger partial charge on any atom is 0.309 e. The molecule has 1 aromatic rings. The van der Waals surface area contributed by atoms with Crippen LogP contribution in [-0.2, 0) is 24.3 Å². The minimum absolute atomic E-state index is 0.101. The van der Waals surface area contributed by atoms with E-state index in [4.69, 9.17) is 4.74 Å². The fourth-order valence-electron chi connectivity index (χ4n) is 2.59. The molecule has 2 N–H and O–H groups in total. The van der Waals surface area contributed by atoms with Crippen molar-refractivity contribution in [3.05, 3.63) is 29.3 Å². The molecule has 8 nitrogen and oxygen atoms in total. The van der Waals surface area contributed by atoms with Crippen molar-refractivity contribution in [3.8, 4) is 0 Å². The number of carbonyl (C=O) groups excluding carboxylic acids is 2. The van der Waals surface area contributed by atoms with Gasteiger partial charge in [0.15, 0.2) is 0 Å². The SMILES string of the molecule is CNC(=O)C(=O)NC[C@H]1OCCCN1S(=O)(=O)c1cc(C)ccc1C. The number of nitrogens with zero attached hydrogens (tertiary/aromatic N) is 1. The zero-order chi connectivity index (χ0) is 18.6. The molecular weight excluding hydrogens is 346 g/mol. The molecule has 1 heterocycles. The summed E-state index contributed by atoms with van der Waals surface area (Å²) in [5, 5.41) is 4.61. The summed E-state index contributed by atoms with van der Waals surface area (Å²) in [6.45, 7) is 4.14. The van der Waals surface area contributed by atoms with Crippen molar-refractivity contribution in [3.63, 3.8) is 0 Å². The second-order valence-electron chi connectivity index (χ2n) is 5.85. The van der Waals surface area contributed by atoms with E-state index in [2.05, 4.69) is 10.6 Å². The number of benzene rings is 1. The Morgan fingerprint density at radius 3 is 2.68 bits per heavy atom. The van der Waals surface area contributed by atoms with E-state index in [0.717, 1.165) is 5.56 Å². The molecule has 1 aliphatic heterocycles. The molecular formula is C16H23N3O5S. The third kappa shape index (κ3) is 4.36. The van der Waals surface area contributed by atoms with Gasteiger partial charge in [0, 0.05) is 13.6 Å². The van der Waals surface area contributed by atoms with Crippen LogP contribution < -0.4 is 10.6 Å². The van der Waals surface area contributed by atoms with E-state index in [-0.39, 0.29) is 18.0 Å². The summed E-state index contributed by atoms with van der Waals surface area (Å²) in [5.41, 5.74) is 1.48. The lowest BCUT2D eigenvalue weighted by Crippen LogP contribution is -2.53. The molecule has 0 spiro atoms. The molecule has 1 saturated heterocycles. The van der Waals surface area contributed by atoms with E-state index in [1.165, 1.54) is 11.4 Å². The third-order valence-corrected chi connectivity index (χ3v) is 5.99. The second-order valence-corrected chi connectivity index (χ2v) is 7.71. The van der Waals surface area contributed by atoms with Gasteiger partial charge < -0.3 is 15.4 Å². The molecule has 0 aliphatic carbocycles. The number of ether oxygens (including phenoxy) is 1. The first-order valence-electron chi connectivity index (χ1n) is 7.98. The van der Waals surface area contributed by atoms with Crippen LogP contribution in [-0.4, -0.2) is 57.5 Å². The Morgan fingerprint density at radius 2 is 2.00 bits per heavy atom. The van der Waals surface area contributed by atoms with Gasteiger partial charge in [0.05, 0.1) is 18.0 Å². The van der Waals surface area contributed by atoms with Crippen LogP contribution in [0.2, 0.25) is 0 Å². The highest BCUT2D eigenvalue weighted by molar-refractivity contribution is 7.89. The van der Waals surface area contributed by atoms with Gasteiger partial charge in [-0.3, -0.25) is 9.59 Å². The van der Waals surface area contributed by atoms with Crippen LogP contribution in [0.4, 0.5) is 0 Å². The molecule has 2 rings (SSSR count). The summed E-state index contributed by atoms with van der Waals surface area (Å²) in [6, 6.07) is 5.23. The van der Waals surface area contributed by atoms with Crippen LogP contribution in [0.5, 0.6) is 0 Å². The summed E-state index contributed by atoms with van der Waals surface area (Å²) in [7, 11) is -2.44. The van der Waals surface area contributed by atoms with Crippen LogP contribution in [0.3, 0.4) is 0 Å². The molecule has 1 atom stereocenters. The summed E-state index contributed by atoms with van der Waals surface area (Å²) in [5.74, 6) is -1.62. The van der Waals surface area contributed by atoms with E-state index in [1.807, 2.05) is 13.0 Å². The van der Waals surface area contributed by atoms with E-state index >= 15 is 0 Å². The predicted octanol–water partition coefficient (Wildman–Crippen LogP) is -0.0973. The summed E-state index contributed by atoms with van der Waals surface area (Å²) in [4.78, 5) is 23.1. The molecule has 0 radical (unpaired) electrons. The molecule has 1 aliphatic rings. The number of rotatable bonds is 4. The summed E-state index contributed by atoms with van der Waals surface area (Å²) in [6.07, 6.45) is -0.295. The molecule has 138 valence electrons. The topological polar surface area (TPSA) is 105 Å². The first kappa shape index (κ1) is 19.4. The summed E-state index contributed by atoms with van der Waals surface area (Å²) < 4.78 is 32.9. The highest BCUT2D eigenvalue weighted by Gasteiger charge is 2.35. The number of amides is 2. The molecule has 0 unspecified atom stereocenters. The first-order chi connectivity index (χ1) is 11.8. The number of nitrogens with one attached hydrogen (secondary N) is 2. The Morgan fingerprint density at radius 1 is 1.28 bits per heavy atom. The van der Waals surface area contributed by atoms with Crippen molar-refractivity contribution < 1.29 is 22.7 Å². The Kier molecular flexibility index (Phi) is 6.15. The highest BCUT2D eigenvalue weighted by atomic mass is 32.2. The van der Waals surface area contributed by atoms with Gasteiger partial charge in [0.25, 0.3) is 0 Å². The fourth-order valence-corrected chi connectivity index (χ4v) is 4.46. The van der Waals surface area contributed by atoms with E-state index < -0.39 is 28.1 Å². The minimum atomic E-state index is -3.78. The van der Waals surface area contributed by atoms with E-state index in [9.17, 15) is 18.0 Å². The number of aryl methyl sites for hydroxylation is 2. The van der Waals surface area contributed by atoms with Crippen LogP contribution in [0.1, 0.15) is 17.5 Å². The molecule has 0 saturated carbocycles. The molecule has 0 aromatic heterocycles. The van der Waals surface area contributed by atoms with Gasteiger partial charge in [-0.1, -0.05) is 12.1 Å². The summed E-state index contributed by atoms with van der Waals surface area (Å²) >= 11 is 0. The zero-order valence-electron chi connectivity index (χ0n) is 14.5. The molecule has 0 bridgehead atoms. The van der Waals surface area contributed by atoms with Gasteiger partial charge in [-0.05, 0) is 37.5 Å². The van der Waals surface area contributed by atoms with Crippen molar-refractivity contribution in [2.24, 2.45) is 0 Å². The van der Waals surface area contributed by atoms with Crippen molar-refractivity contribution in [2.75, 3.05) is 26.7 Å². The van der Waals surface area contributed by atoms with Crippen molar-refractivity contribution in [1.29, 1.82) is 0 Å². The van der Waals surface area contributed by atoms with Crippen molar-refractivity contribution in [2.45, 2.75) is 31.4 Å². The Labute approximate surface area is 147 Å². The van der Waals surface area contributed by atoms with E-state index in [1.54, 1.807) is 19.1 Å². The molecule has 1 aromatic carbocycles. The van der Waals surface area contributed by atoms with Gasteiger partial charge in [-0.25, -0.2) is 8.42 Å². The third-order valence-electron chi connectivity index (χ3n) is 3.96. The molecule has 25 heavy (non-hydrogen) atoms. The molecule has 2 amide bonds. The predicted molar refractivity (Wildman–Crippen MR) is 91.2 cm³/mol. The number of carbonyl (C=O) groups is 2. The van der Waals surface area contributed by atoms with Gasteiger partial charge in [-0.15, -0.1) is 0 Å². The minimum Gasteiger partial charge on any atom is -0.360 e. The Hall–Kier alpha value is -1.97. The average molecular weight is 369 g/mol. The van der Waals surface area contributed by atoms with Crippen LogP contribution in [0.15, 0.2) is 23.1 Å². The molecule has 9 heteroatoms. The fraction of sp³-hybridized carbons (Fsp3) is 0.500. The largest absolute Gasteiger partial charge is 0.360 e.